The lowest BCUT2D eigenvalue weighted by molar-refractivity contribution is 0.0959. The van der Waals surface area contributed by atoms with Gasteiger partial charge in [0.1, 0.15) is 11.6 Å². The molecule has 3 aromatic heterocycles. The van der Waals surface area contributed by atoms with Gasteiger partial charge in [-0.25, -0.2) is 14.6 Å². The Balaban J connectivity index is 1.55. The van der Waals surface area contributed by atoms with Crippen LogP contribution in [0.25, 0.3) is 5.82 Å². The van der Waals surface area contributed by atoms with E-state index >= 15 is 0 Å². The van der Waals surface area contributed by atoms with Crippen molar-refractivity contribution in [2.24, 2.45) is 0 Å². The quantitative estimate of drug-likeness (QED) is 0.675. The minimum absolute atomic E-state index is 0.0575. The molecule has 0 aliphatic carbocycles. The van der Waals surface area contributed by atoms with Crippen LogP contribution in [0.15, 0.2) is 42.0 Å². The average molecular weight is 328 g/mol. The second-order valence-electron chi connectivity index (χ2n) is 4.77. The van der Waals surface area contributed by atoms with Gasteiger partial charge in [0.2, 0.25) is 0 Å². The van der Waals surface area contributed by atoms with Gasteiger partial charge in [-0.2, -0.15) is 5.10 Å². The van der Waals surface area contributed by atoms with Crippen LogP contribution >= 0.6 is 11.3 Å². The van der Waals surface area contributed by atoms with Crippen LogP contribution in [-0.4, -0.2) is 38.7 Å². The van der Waals surface area contributed by atoms with Crippen molar-refractivity contribution in [2.45, 2.75) is 6.92 Å². The van der Waals surface area contributed by atoms with E-state index in [9.17, 15) is 4.79 Å². The normalized spacial score (nSPS) is 10.5. The first kappa shape index (κ1) is 15.2. The standard InChI is InChI=1S/C15H16N6OS/c1-11-19-13(10-14(20-11)21-8-3-5-18-21)16-6-7-17-15(22)12-4-2-9-23-12/h2-5,8-10H,6-7H2,1H3,(H,17,22)(H,16,19,20). The molecule has 0 aliphatic rings. The molecular weight excluding hydrogens is 312 g/mol. The lowest BCUT2D eigenvalue weighted by Crippen LogP contribution is -2.28. The zero-order valence-corrected chi connectivity index (χ0v) is 13.4. The minimum atomic E-state index is -0.0575. The van der Waals surface area contributed by atoms with Crippen LogP contribution in [0.2, 0.25) is 0 Å². The van der Waals surface area contributed by atoms with Gasteiger partial charge in [0, 0.05) is 31.5 Å². The van der Waals surface area contributed by atoms with Crippen molar-refractivity contribution < 1.29 is 4.79 Å². The van der Waals surface area contributed by atoms with Crippen molar-refractivity contribution in [2.75, 3.05) is 18.4 Å². The van der Waals surface area contributed by atoms with Gasteiger partial charge in [0.05, 0.1) is 4.88 Å². The van der Waals surface area contributed by atoms with E-state index in [0.29, 0.717) is 35.4 Å². The summed E-state index contributed by atoms with van der Waals surface area (Å²) in [4.78, 5) is 21.2. The van der Waals surface area contributed by atoms with Crippen LogP contribution in [0.4, 0.5) is 5.82 Å². The number of carbonyl (C=O) groups is 1. The lowest BCUT2D eigenvalue weighted by atomic mass is 10.4. The summed E-state index contributed by atoms with van der Waals surface area (Å²) < 4.78 is 1.68. The number of carbonyl (C=O) groups excluding carboxylic acids is 1. The third-order valence-corrected chi connectivity index (χ3v) is 3.89. The third-order valence-electron chi connectivity index (χ3n) is 3.03. The maximum absolute atomic E-state index is 11.8. The highest BCUT2D eigenvalue weighted by Crippen LogP contribution is 2.10. The highest BCUT2D eigenvalue weighted by Gasteiger charge is 2.06. The molecule has 0 atom stereocenters. The Bertz CT molecular complexity index is 769. The second kappa shape index (κ2) is 7.01. The molecule has 0 radical (unpaired) electrons. The zero-order valence-electron chi connectivity index (χ0n) is 12.6. The summed E-state index contributed by atoms with van der Waals surface area (Å²) in [6.07, 6.45) is 3.53. The molecule has 2 N–H and O–H groups in total. The smallest absolute Gasteiger partial charge is 0.261 e. The van der Waals surface area contributed by atoms with Crippen molar-refractivity contribution in [3.63, 3.8) is 0 Å². The predicted octanol–water partition coefficient (Wildman–Crippen LogP) is 1.87. The molecular formula is C15H16N6OS. The molecule has 23 heavy (non-hydrogen) atoms. The molecule has 118 valence electrons. The second-order valence-corrected chi connectivity index (χ2v) is 5.72. The Morgan fingerprint density at radius 1 is 1.30 bits per heavy atom. The lowest BCUT2D eigenvalue weighted by Gasteiger charge is -2.09. The largest absolute Gasteiger partial charge is 0.368 e. The predicted molar refractivity (Wildman–Crippen MR) is 89.0 cm³/mol. The fourth-order valence-electron chi connectivity index (χ4n) is 2.03. The van der Waals surface area contributed by atoms with Gasteiger partial charge in [0.25, 0.3) is 5.91 Å². The first-order valence-electron chi connectivity index (χ1n) is 7.13. The summed E-state index contributed by atoms with van der Waals surface area (Å²) >= 11 is 1.43. The van der Waals surface area contributed by atoms with Crippen molar-refractivity contribution in [3.05, 3.63) is 52.7 Å². The number of nitrogens with one attached hydrogen (secondary N) is 2. The van der Waals surface area contributed by atoms with Crippen molar-refractivity contribution in [1.29, 1.82) is 0 Å². The Kier molecular flexibility index (Phi) is 4.62. The number of nitrogens with zero attached hydrogens (tertiary/aromatic N) is 4. The highest BCUT2D eigenvalue weighted by atomic mass is 32.1. The number of aryl methyl sites for hydroxylation is 1. The van der Waals surface area contributed by atoms with E-state index in [1.54, 1.807) is 16.9 Å². The highest BCUT2D eigenvalue weighted by molar-refractivity contribution is 7.12. The van der Waals surface area contributed by atoms with Crippen LogP contribution in [0.1, 0.15) is 15.5 Å². The minimum Gasteiger partial charge on any atom is -0.368 e. The van der Waals surface area contributed by atoms with Crippen molar-refractivity contribution in [1.82, 2.24) is 25.1 Å². The monoisotopic (exact) mass is 328 g/mol. The zero-order chi connectivity index (χ0) is 16.1. The van der Waals surface area contributed by atoms with E-state index in [0.717, 1.165) is 0 Å². The summed E-state index contributed by atoms with van der Waals surface area (Å²) in [5.41, 5.74) is 0. The molecule has 7 nitrogen and oxygen atoms in total. The Hall–Kier alpha value is -2.74. The molecule has 0 saturated carbocycles. The van der Waals surface area contributed by atoms with Gasteiger partial charge in [0.15, 0.2) is 5.82 Å². The summed E-state index contributed by atoms with van der Waals surface area (Å²) in [7, 11) is 0. The van der Waals surface area contributed by atoms with E-state index in [1.807, 2.05) is 36.7 Å². The van der Waals surface area contributed by atoms with E-state index in [-0.39, 0.29) is 5.91 Å². The number of amides is 1. The molecule has 0 bridgehead atoms. The molecule has 0 saturated heterocycles. The van der Waals surface area contributed by atoms with Crippen LogP contribution < -0.4 is 10.6 Å². The van der Waals surface area contributed by atoms with E-state index in [4.69, 9.17) is 0 Å². The SMILES string of the molecule is Cc1nc(NCCNC(=O)c2cccs2)cc(-n2cccn2)n1. The fourth-order valence-corrected chi connectivity index (χ4v) is 2.67. The van der Waals surface area contributed by atoms with Crippen LogP contribution in [0.5, 0.6) is 0 Å². The molecule has 8 heteroatoms. The number of thiophene rings is 1. The molecule has 0 fully saturated rings. The van der Waals surface area contributed by atoms with Crippen molar-refractivity contribution in [3.8, 4) is 5.82 Å². The van der Waals surface area contributed by atoms with Gasteiger partial charge in [-0.1, -0.05) is 6.07 Å². The third kappa shape index (κ3) is 3.92. The summed E-state index contributed by atoms with van der Waals surface area (Å²) in [5, 5.41) is 12.1. The molecule has 0 aromatic carbocycles. The van der Waals surface area contributed by atoms with Crippen molar-refractivity contribution >= 4 is 23.1 Å². The molecule has 0 spiro atoms. The molecule has 0 unspecified atom stereocenters. The Labute approximate surface area is 137 Å². The summed E-state index contributed by atoms with van der Waals surface area (Å²) in [5.74, 6) is 2.00. The number of anilines is 1. The maximum atomic E-state index is 11.8. The van der Waals surface area contributed by atoms with Crippen LogP contribution in [0, 0.1) is 6.92 Å². The fraction of sp³-hybridized carbons (Fsp3) is 0.200. The number of aromatic nitrogens is 4. The van der Waals surface area contributed by atoms with Crippen LogP contribution in [0.3, 0.4) is 0 Å². The van der Waals surface area contributed by atoms with Gasteiger partial charge < -0.3 is 10.6 Å². The van der Waals surface area contributed by atoms with Crippen LogP contribution in [-0.2, 0) is 0 Å². The van der Waals surface area contributed by atoms with E-state index in [2.05, 4.69) is 25.7 Å². The van der Waals surface area contributed by atoms with Gasteiger partial charge in [-0.3, -0.25) is 4.79 Å². The summed E-state index contributed by atoms with van der Waals surface area (Å²) in [6, 6.07) is 7.32. The van der Waals surface area contributed by atoms with Gasteiger partial charge in [-0.05, 0) is 24.4 Å². The van der Waals surface area contributed by atoms with Gasteiger partial charge >= 0.3 is 0 Å². The molecule has 3 heterocycles. The molecule has 3 aromatic rings. The van der Waals surface area contributed by atoms with E-state index < -0.39 is 0 Å². The topological polar surface area (TPSA) is 84.7 Å². The molecule has 1 amide bonds. The van der Waals surface area contributed by atoms with Gasteiger partial charge in [-0.15, -0.1) is 11.3 Å². The Morgan fingerprint density at radius 2 is 2.22 bits per heavy atom. The number of hydrogen-bond acceptors (Lipinski definition) is 6. The first-order chi connectivity index (χ1) is 11.2. The number of hydrogen-bond donors (Lipinski definition) is 2. The average Bonchev–Trinajstić information content (AvgIpc) is 3.23. The molecule has 3 rings (SSSR count). The summed E-state index contributed by atoms with van der Waals surface area (Å²) in [6.45, 7) is 2.92. The Morgan fingerprint density at radius 3 is 2.96 bits per heavy atom. The maximum Gasteiger partial charge on any atom is 0.261 e. The first-order valence-corrected chi connectivity index (χ1v) is 8.01. The van der Waals surface area contributed by atoms with E-state index in [1.165, 1.54) is 11.3 Å². The number of rotatable bonds is 6. The molecule has 0 aliphatic heterocycles.